The average molecular weight is 331 g/mol. The lowest BCUT2D eigenvalue weighted by atomic mass is 9.96. The molecule has 122 valence electrons. The third kappa shape index (κ3) is 2.40. The van der Waals surface area contributed by atoms with Gasteiger partial charge in [-0.3, -0.25) is 13.6 Å². The van der Waals surface area contributed by atoms with Crippen molar-refractivity contribution in [1.82, 2.24) is 4.90 Å². The van der Waals surface area contributed by atoms with E-state index in [1.165, 1.54) is 18.9 Å². The zero-order valence-corrected chi connectivity index (χ0v) is 13.1. The fourth-order valence-corrected chi connectivity index (χ4v) is 3.88. The van der Waals surface area contributed by atoms with Crippen LogP contribution in [-0.4, -0.2) is 53.6 Å². The van der Waals surface area contributed by atoms with Gasteiger partial charge < -0.3 is 20.5 Å². The van der Waals surface area contributed by atoms with Gasteiger partial charge in [0.25, 0.3) is 0 Å². The molecule has 5 atom stereocenters. The molecule has 10 heteroatoms. The Morgan fingerprint density at radius 1 is 1.68 bits per heavy atom. The van der Waals surface area contributed by atoms with Crippen molar-refractivity contribution in [2.75, 3.05) is 13.7 Å². The Labute approximate surface area is 127 Å². The quantitative estimate of drug-likeness (QED) is 0.694. The van der Waals surface area contributed by atoms with Crippen molar-refractivity contribution in [3.8, 4) is 0 Å². The summed E-state index contributed by atoms with van der Waals surface area (Å²) < 4.78 is 33.1. The molecular formula is C12H18N3O6P. The van der Waals surface area contributed by atoms with E-state index in [0.717, 1.165) is 0 Å². The maximum Gasteiger partial charge on any atom is 0.475 e. The number of phosphoric ester groups is 1. The van der Waals surface area contributed by atoms with Crippen LogP contribution in [0.1, 0.15) is 6.92 Å². The van der Waals surface area contributed by atoms with Gasteiger partial charge in [0.05, 0.1) is 6.61 Å². The van der Waals surface area contributed by atoms with Gasteiger partial charge in [-0.1, -0.05) is 6.58 Å². The molecule has 1 unspecified atom stereocenters. The lowest BCUT2D eigenvalue weighted by molar-refractivity contribution is -0.105. The van der Waals surface area contributed by atoms with Crippen molar-refractivity contribution in [2.24, 2.45) is 10.7 Å². The predicted molar refractivity (Wildman–Crippen MR) is 76.5 cm³/mol. The van der Waals surface area contributed by atoms with Crippen molar-refractivity contribution in [2.45, 2.75) is 31.0 Å². The van der Waals surface area contributed by atoms with Crippen molar-refractivity contribution in [3.63, 3.8) is 0 Å². The zero-order chi connectivity index (χ0) is 16.1. The Bertz CT molecular complexity index is 604. The summed E-state index contributed by atoms with van der Waals surface area (Å²) >= 11 is 0. The van der Waals surface area contributed by atoms with Crippen molar-refractivity contribution < 1.29 is 28.0 Å². The van der Waals surface area contributed by atoms with E-state index in [1.807, 2.05) is 0 Å². The van der Waals surface area contributed by atoms with Crippen LogP contribution < -0.4 is 5.73 Å². The molecule has 3 aliphatic rings. The zero-order valence-electron chi connectivity index (χ0n) is 12.2. The summed E-state index contributed by atoms with van der Waals surface area (Å²) in [6.45, 7) is 5.29. The SMILES string of the molecule is C=C1N=C(N)C=CN1[C@@H]1O[C@@H]2COP(=O)(OC)O[C@H]2[C@@]1(C)O. The summed E-state index contributed by atoms with van der Waals surface area (Å²) in [6.07, 6.45) is 0.865. The second kappa shape index (κ2) is 5.16. The molecule has 0 bridgehead atoms. The van der Waals surface area contributed by atoms with E-state index >= 15 is 0 Å². The number of amidine groups is 1. The maximum atomic E-state index is 12.1. The number of ether oxygens (including phenoxy) is 1. The Morgan fingerprint density at radius 2 is 2.41 bits per heavy atom. The highest BCUT2D eigenvalue weighted by atomic mass is 31.2. The minimum atomic E-state index is -3.68. The molecule has 0 aliphatic carbocycles. The van der Waals surface area contributed by atoms with Crippen LogP contribution in [0.2, 0.25) is 0 Å². The topological polar surface area (TPSA) is 116 Å². The number of hydrogen-bond acceptors (Lipinski definition) is 9. The molecule has 22 heavy (non-hydrogen) atoms. The van der Waals surface area contributed by atoms with Gasteiger partial charge in [-0.15, -0.1) is 0 Å². The molecule has 0 aromatic carbocycles. The van der Waals surface area contributed by atoms with E-state index in [0.29, 0.717) is 11.7 Å². The van der Waals surface area contributed by atoms with Gasteiger partial charge in [0.2, 0.25) is 0 Å². The normalized spacial score (nSPS) is 44.9. The first-order chi connectivity index (χ1) is 10.3. The number of rotatable bonds is 2. The lowest BCUT2D eigenvalue weighted by Gasteiger charge is -2.37. The van der Waals surface area contributed by atoms with Gasteiger partial charge in [0.15, 0.2) is 6.23 Å². The number of hydrogen-bond donors (Lipinski definition) is 2. The number of fused-ring (bicyclic) bond motifs is 1. The van der Waals surface area contributed by atoms with Crippen LogP contribution >= 0.6 is 7.82 Å². The second-order valence-electron chi connectivity index (χ2n) is 5.38. The van der Waals surface area contributed by atoms with Crippen LogP contribution in [-0.2, 0) is 22.9 Å². The summed E-state index contributed by atoms with van der Waals surface area (Å²) in [6, 6.07) is 0. The molecule has 0 aromatic rings. The molecule has 0 radical (unpaired) electrons. The molecule has 0 aromatic heterocycles. The Balaban J connectivity index is 1.86. The van der Waals surface area contributed by atoms with Gasteiger partial charge in [-0.2, -0.15) is 0 Å². The minimum absolute atomic E-state index is 0.0160. The monoisotopic (exact) mass is 331 g/mol. The summed E-state index contributed by atoms with van der Waals surface area (Å²) in [4.78, 5) is 5.57. The Kier molecular flexibility index (Phi) is 3.67. The average Bonchev–Trinajstić information content (AvgIpc) is 2.71. The van der Waals surface area contributed by atoms with Crippen LogP contribution in [0.15, 0.2) is 29.7 Å². The molecule has 3 rings (SSSR count). The Hall–Kier alpha value is -1.22. The molecule has 0 spiro atoms. The predicted octanol–water partition coefficient (Wildman–Crippen LogP) is 0.290. The van der Waals surface area contributed by atoms with E-state index in [2.05, 4.69) is 11.6 Å². The first-order valence-corrected chi connectivity index (χ1v) is 8.09. The van der Waals surface area contributed by atoms with Crippen molar-refractivity contribution in [3.05, 3.63) is 24.7 Å². The van der Waals surface area contributed by atoms with E-state index < -0.39 is 31.9 Å². The molecular weight excluding hydrogens is 313 g/mol. The van der Waals surface area contributed by atoms with E-state index in [1.54, 1.807) is 12.3 Å². The molecule has 3 aliphatic heterocycles. The standard InChI is InChI=1S/C12H18N3O6P/c1-7-14-9(13)4-5-15(7)11-12(2,16)10-8(20-11)6-19-22(17,18-3)21-10/h4-5,8,10-11,16H,1,6H2,2-3H3,(H2,13,14)/t8-,10-,11-,12-,22?/m1/s1. The van der Waals surface area contributed by atoms with E-state index in [9.17, 15) is 9.67 Å². The van der Waals surface area contributed by atoms with Crippen LogP contribution in [0, 0.1) is 0 Å². The fourth-order valence-electron chi connectivity index (χ4n) is 2.67. The molecule has 2 saturated heterocycles. The van der Waals surface area contributed by atoms with E-state index in [-0.39, 0.29) is 6.61 Å². The number of aliphatic imine (C=N–C) groups is 1. The van der Waals surface area contributed by atoms with E-state index in [4.69, 9.17) is 24.0 Å². The van der Waals surface area contributed by atoms with Crippen LogP contribution in [0.4, 0.5) is 0 Å². The van der Waals surface area contributed by atoms with Crippen molar-refractivity contribution >= 4 is 13.7 Å². The first kappa shape index (κ1) is 15.7. The van der Waals surface area contributed by atoms with Crippen molar-refractivity contribution in [1.29, 1.82) is 0 Å². The van der Waals surface area contributed by atoms with Crippen LogP contribution in [0.5, 0.6) is 0 Å². The molecule has 9 nitrogen and oxygen atoms in total. The number of phosphoric acid groups is 1. The number of aliphatic hydroxyl groups is 1. The molecule has 0 saturated carbocycles. The lowest BCUT2D eigenvalue weighted by Crippen LogP contribution is -2.53. The van der Waals surface area contributed by atoms with Gasteiger partial charge in [-0.25, -0.2) is 9.56 Å². The van der Waals surface area contributed by atoms with Gasteiger partial charge >= 0.3 is 7.82 Å². The third-order valence-electron chi connectivity index (χ3n) is 3.80. The summed E-state index contributed by atoms with van der Waals surface area (Å²) in [5, 5.41) is 10.8. The van der Waals surface area contributed by atoms with Crippen LogP contribution in [0.25, 0.3) is 0 Å². The Morgan fingerprint density at radius 3 is 3.05 bits per heavy atom. The number of nitrogens with zero attached hydrogens (tertiary/aromatic N) is 2. The largest absolute Gasteiger partial charge is 0.475 e. The van der Waals surface area contributed by atoms with Gasteiger partial charge in [-0.05, 0) is 13.0 Å². The highest BCUT2D eigenvalue weighted by molar-refractivity contribution is 7.48. The first-order valence-electron chi connectivity index (χ1n) is 6.63. The summed E-state index contributed by atoms with van der Waals surface area (Å²) in [5.74, 6) is 0.625. The highest BCUT2D eigenvalue weighted by Gasteiger charge is 2.60. The second-order valence-corrected chi connectivity index (χ2v) is 7.11. The minimum Gasteiger partial charge on any atom is -0.384 e. The van der Waals surface area contributed by atoms with Crippen LogP contribution in [0.3, 0.4) is 0 Å². The molecule has 3 N–H and O–H groups in total. The maximum absolute atomic E-state index is 12.1. The molecule has 3 heterocycles. The number of nitrogens with two attached hydrogens (primary N) is 1. The third-order valence-corrected chi connectivity index (χ3v) is 5.19. The summed E-state index contributed by atoms with van der Waals surface area (Å²) in [5.41, 5.74) is 4.11. The fraction of sp³-hybridized carbons (Fsp3) is 0.583. The van der Waals surface area contributed by atoms with Gasteiger partial charge in [0.1, 0.15) is 29.5 Å². The summed E-state index contributed by atoms with van der Waals surface area (Å²) in [7, 11) is -2.46. The smallest absolute Gasteiger partial charge is 0.384 e. The molecule has 0 amide bonds. The van der Waals surface area contributed by atoms with Gasteiger partial charge in [0, 0.05) is 13.3 Å². The molecule has 2 fully saturated rings. The highest BCUT2D eigenvalue weighted by Crippen LogP contribution is 2.57.